The zero-order valence-electron chi connectivity index (χ0n) is 12.1. The first-order valence-corrected chi connectivity index (χ1v) is 7.54. The third kappa shape index (κ3) is 5.19. The van der Waals surface area contributed by atoms with Crippen LogP contribution in [0.5, 0.6) is 0 Å². The number of rotatable bonds is 2. The van der Waals surface area contributed by atoms with Crippen molar-refractivity contribution in [3.8, 4) is 0 Å². The number of benzene rings is 1. The van der Waals surface area contributed by atoms with Crippen molar-refractivity contribution in [2.75, 3.05) is 45.8 Å². The van der Waals surface area contributed by atoms with E-state index in [0.29, 0.717) is 0 Å². The molecule has 0 aromatic heterocycles. The third-order valence-electron chi connectivity index (χ3n) is 3.65. The van der Waals surface area contributed by atoms with E-state index in [4.69, 9.17) is 5.73 Å². The van der Waals surface area contributed by atoms with Crippen LogP contribution in [0.1, 0.15) is 11.6 Å². The minimum Gasteiger partial charge on any atom is -0.323 e. The standard InChI is InChI=1S/C15H27N5/c16-15(13-4-2-1-3-5-13)14-12-19-9-8-17-6-7-18-10-11-20-14/h1-5,14-15,17-20H,6-12,16H2/t14-,15+/m0/s1. The van der Waals surface area contributed by atoms with Gasteiger partial charge in [-0.05, 0) is 5.56 Å². The van der Waals surface area contributed by atoms with Gasteiger partial charge in [0, 0.05) is 57.9 Å². The van der Waals surface area contributed by atoms with Gasteiger partial charge in [0.05, 0.1) is 0 Å². The molecule has 0 unspecified atom stereocenters. The van der Waals surface area contributed by atoms with E-state index < -0.39 is 0 Å². The van der Waals surface area contributed by atoms with E-state index in [0.717, 1.165) is 45.8 Å². The summed E-state index contributed by atoms with van der Waals surface area (Å²) >= 11 is 0. The van der Waals surface area contributed by atoms with Crippen LogP contribution in [-0.4, -0.2) is 51.9 Å². The molecule has 112 valence electrons. The average molecular weight is 277 g/mol. The molecule has 0 radical (unpaired) electrons. The largest absolute Gasteiger partial charge is 0.323 e. The fourth-order valence-electron chi connectivity index (χ4n) is 2.44. The third-order valence-corrected chi connectivity index (χ3v) is 3.65. The highest BCUT2D eigenvalue weighted by molar-refractivity contribution is 5.20. The van der Waals surface area contributed by atoms with Gasteiger partial charge in [-0.2, -0.15) is 0 Å². The summed E-state index contributed by atoms with van der Waals surface area (Å²) in [4.78, 5) is 0. The molecule has 0 bridgehead atoms. The minimum absolute atomic E-state index is 0.0135. The quantitative estimate of drug-likeness (QED) is 0.500. The highest BCUT2D eigenvalue weighted by atomic mass is 15.1. The molecule has 1 aromatic rings. The van der Waals surface area contributed by atoms with E-state index in [1.54, 1.807) is 0 Å². The molecule has 5 nitrogen and oxygen atoms in total. The molecule has 5 heteroatoms. The van der Waals surface area contributed by atoms with Crippen molar-refractivity contribution in [3.63, 3.8) is 0 Å². The van der Waals surface area contributed by atoms with E-state index >= 15 is 0 Å². The van der Waals surface area contributed by atoms with Gasteiger partial charge >= 0.3 is 0 Å². The fourth-order valence-corrected chi connectivity index (χ4v) is 2.44. The van der Waals surface area contributed by atoms with Crippen LogP contribution >= 0.6 is 0 Å². The molecule has 1 saturated heterocycles. The van der Waals surface area contributed by atoms with Crippen LogP contribution in [0.2, 0.25) is 0 Å². The molecule has 2 atom stereocenters. The van der Waals surface area contributed by atoms with Crippen LogP contribution < -0.4 is 27.0 Å². The fraction of sp³-hybridized carbons (Fsp3) is 0.600. The molecular formula is C15H27N5. The Kier molecular flexibility index (Phi) is 6.97. The first kappa shape index (κ1) is 15.4. The second kappa shape index (κ2) is 9.05. The lowest BCUT2D eigenvalue weighted by Crippen LogP contribution is -2.49. The summed E-state index contributed by atoms with van der Waals surface area (Å²) in [5.41, 5.74) is 7.60. The van der Waals surface area contributed by atoms with Gasteiger partial charge in [0.2, 0.25) is 0 Å². The van der Waals surface area contributed by atoms with Crippen LogP contribution in [0.15, 0.2) is 30.3 Å². The monoisotopic (exact) mass is 277 g/mol. The summed E-state index contributed by atoms with van der Waals surface area (Å²) < 4.78 is 0. The van der Waals surface area contributed by atoms with Crippen LogP contribution in [0, 0.1) is 0 Å². The topological polar surface area (TPSA) is 74.1 Å². The summed E-state index contributed by atoms with van der Waals surface area (Å²) in [6.07, 6.45) is 0. The summed E-state index contributed by atoms with van der Waals surface area (Å²) in [5.74, 6) is 0. The second-order valence-corrected chi connectivity index (χ2v) is 5.20. The SMILES string of the molecule is N[C@H](c1ccccc1)[C@@H]1CNCCNCCNCCN1. The highest BCUT2D eigenvalue weighted by Gasteiger charge is 2.18. The van der Waals surface area contributed by atoms with Crippen molar-refractivity contribution < 1.29 is 0 Å². The zero-order valence-corrected chi connectivity index (χ0v) is 12.1. The lowest BCUT2D eigenvalue weighted by Gasteiger charge is -2.26. The van der Waals surface area contributed by atoms with E-state index in [-0.39, 0.29) is 12.1 Å². The van der Waals surface area contributed by atoms with Crippen molar-refractivity contribution in [2.45, 2.75) is 12.1 Å². The van der Waals surface area contributed by atoms with Gasteiger partial charge in [0.15, 0.2) is 0 Å². The maximum absolute atomic E-state index is 6.41. The van der Waals surface area contributed by atoms with Crippen molar-refractivity contribution >= 4 is 0 Å². The van der Waals surface area contributed by atoms with Gasteiger partial charge in [-0.15, -0.1) is 0 Å². The summed E-state index contributed by atoms with van der Waals surface area (Å²) in [6, 6.07) is 10.6. The Morgan fingerprint density at radius 2 is 1.45 bits per heavy atom. The van der Waals surface area contributed by atoms with Gasteiger partial charge in [-0.3, -0.25) is 0 Å². The van der Waals surface area contributed by atoms with E-state index in [1.165, 1.54) is 5.56 Å². The zero-order chi connectivity index (χ0) is 14.0. The lowest BCUT2D eigenvalue weighted by atomic mass is 10.00. The molecule has 1 aliphatic rings. The second-order valence-electron chi connectivity index (χ2n) is 5.20. The Morgan fingerprint density at radius 3 is 2.15 bits per heavy atom. The van der Waals surface area contributed by atoms with E-state index in [1.807, 2.05) is 18.2 Å². The first-order valence-electron chi connectivity index (χ1n) is 7.54. The Morgan fingerprint density at radius 1 is 0.850 bits per heavy atom. The van der Waals surface area contributed by atoms with Crippen molar-refractivity contribution in [2.24, 2.45) is 5.73 Å². The molecule has 1 aliphatic heterocycles. The molecule has 1 fully saturated rings. The molecular weight excluding hydrogens is 250 g/mol. The van der Waals surface area contributed by atoms with Gasteiger partial charge in [0.25, 0.3) is 0 Å². The Balaban J connectivity index is 1.91. The van der Waals surface area contributed by atoms with Crippen molar-refractivity contribution in [1.29, 1.82) is 0 Å². The number of nitrogens with two attached hydrogens (primary N) is 1. The highest BCUT2D eigenvalue weighted by Crippen LogP contribution is 2.13. The molecule has 1 aromatic carbocycles. The van der Waals surface area contributed by atoms with Gasteiger partial charge in [-0.1, -0.05) is 30.3 Å². The number of nitrogens with one attached hydrogen (secondary N) is 4. The van der Waals surface area contributed by atoms with Crippen LogP contribution in [0.3, 0.4) is 0 Å². The Bertz CT molecular complexity index is 345. The molecule has 0 amide bonds. The van der Waals surface area contributed by atoms with Gasteiger partial charge < -0.3 is 27.0 Å². The summed E-state index contributed by atoms with van der Waals surface area (Å²) in [6.45, 7) is 6.80. The lowest BCUT2D eigenvalue weighted by molar-refractivity contribution is 0.403. The summed E-state index contributed by atoms with van der Waals surface area (Å²) in [5, 5.41) is 13.9. The smallest absolute Gasteiger partial charge is 0.0463 e. The molecule has 1 heterocycles. The van der Waals surface area contributed by atoms with Crippen LogP contribution in [0.4, 0.5) is 0 Å². The molecule has 20 heavy (non-hydrogen) atoms. The van der Waals surface area contributed by atoms with Crippen molar-refractivity contribution in [1.82, 2.24) is 21.3 Å². The molecule has 2 rings (SSSR count). The molecule has 0 aliphatic carbocycles. The average Bonchev–Trinajstić information content (AvgIpc) is 2.48. The minimum atomic E-state index is 0.0135. The van der Waals surface area contributed by atoms with Crippen molar-refractivity contribution in [3.05, 3.63) is 35.9 Å². The maximum atomic E-state index is 6.41. The predicted octanol–water partition coefficient (Wildman–Crippen LogP) is -0.573. The Labute approximate surface area is 121 Å². The first-order chi connectivity index (χ1) is 9.88. The van der Waals surface area contributed by atoms with Gasteiger partial charge in [0.1, 0.15) is 0 Å². The normalized spacial score (nSPS) is 24.4. The molecule has 6 N–H and O–H groups in total. The summed E-state index contributed by atoms with van der Waals surface area (Å²) in [7, 11) is 0. The van der Waals surface area contributed by atoms with Crippen LogP contribution in [0.25, 0.3) is 0 Å². The number of hydrogen-bond donors (Lipinski definition) is 5. The predicted molar refractivity (Wildman–Crippen MR) is 83.8 cm³/mol. The van der Waals surface area contributed by atoms with Crippen LogP contribution in [-0.2, 0) is 0 Å². The molecule has 0 saturated carbocycles. The van der Waals surface area contributed by atoms with Gasteiger partial charge in [-0.25, -0.2) is 0 Å². The molecule has 0 spiro atoms. The Hall–Kier alpha value is -0.980. The van der Waals surface area contributed by atoms with E-state index in [9.17, 15) is 0 Å². The van der Waals surface area contributed by atoms with E-state index in [2.05, 4.69) is 33.4 Å². The maximum Gasteiger partial charge on any atom is 0.0463 e. The number of hydrogen-bond acceptors (Lipinski definition) is 5.